The summed E-state index contributed by atoms with van der Waals surface area (Å²) in [4.78, 5) is 17.3. The number of nitrogens with zero attached hydrogens (tertiary/aromatic N) is 4. The second-order valence-corrected chi connectivity index (χ2v) is 9.16. The zero-order chi connectivity index (χ0) is 21.1. The molecule has 0 spiro atoms. The van der Waals surface area contributed by atoms with Gasteiger partial charge in [0, 0.05) is 30.9 Å². The fourth-order valence-electron chi connectivity index (χ4n) is 3.48. The van der Waals surface area contributed by atoms with E-state index in [0.717, 1.165) is 25.0 Å². The van der Waals surface area contributed by atoms with Crippen molar-refractivity contribution >= 4 is 21.7 Å². The van der Waals surface area contributed by atoms with Crippen LogP contribution in [-0.2, 0) is 10.0 Å². The molecular formula is C21H23N5O3S. The van der Waals surface area contributed by atoms with Gasteiger partial charge in [-0.2, -0.15) is 14.1 Å². The third kappa shape index (κ3) is 4.12. The Morgan fingerprint density at radius 2 is 1.83 bits per heavy atom. The van der Waals surface area contributed by atoms with Crippen LogP contribution in [0.1, 0.15) is 35.3 Å². The molecule has 1 aliphatic heterocycles. The molecule has 0 unspecified atom stereocenters. The highest BCUT2D eigenvalue weighted by Crippen LogP contribution is 2.22. The molecule has 0 aliphatic carbocycles. The van der Waals surface area contributed by atoms with E-state index in [1.807, 2.05) is 13.0 Å². The van der Waals surface area contributed by atoms with Crippen molar-refractivity contribution in [3.8, 4) is 5.82 Å². The zero-order valence-corrected chi connectivity index (χ0v) is 17.5. The lowest BCUT2D eigenvalue weighted by molar-refractivity contribution is 0.102. The molecule has 156 valence electrons. The van der Waals surface area contributed by atoms with Gasteiger partial charge in [0.05, 0.1) is 10.6 Å². The highest BCUT2D eigenvalue weighted by Gasteiger charge is 2.26. The van der Waals surface area contributed by atoms with E-state index in [-0.39, 0.29) is 10.5 Å². The van der Waals surface area contributed by atoms with Crippen LogP contribution >= 0.6 is 0 Å². The predicted molar refractivity (Wildman–Crippen MR) is 113 cm³/mol. The number of rotatable bonds is 5. The molecule has 0 bridgehead atoms. The number of piperidine rings is 1. The molecule has 8 nitrogen and oxygen atoms in total. The van der Waals surface area contributed by atoms with Gasteiger partial charge in [-0.15, -0.1) is 0 Å². The van der Waals surface area contributed by atoms with E-state index in [0.29, 0.717) is 24.7 Å². The molecule has 1 aliphatic rings. The monoisotopic (exact) mass is 425 g/mol. The number of aromatic nitrogens is 3. The van der Waals surface area contributed by atoms with Crippen molar-refractivity contribution in [2.45, 2.75) is 31.1 Å². The van der Waals surface area contributed by atoms with Crippen LogP contribution in [0.5, 0.6) is 0 Å². The van der Waals surface area contributed by atoms with Gasteiger partial charge in [0.15, 0.2) is 5.82 Å². The number of hydrogen-bond acceptors (Lipinski definition) is 5. The van der Waals surface area contributed by atoms with Crippen molar-refractivity contribution in [1.82, 2.24) is 19.1 Å². The van der Waals surface area contributed by atoms with Gasteiger partial charge in [-0.3, -0.25) is 4.79 Å². The predicted octanol–water partition coefficient (Wildman–Crippen LogP) is 3.00. The number of aryl methyl sites for hydroxylation is 1. The molecule has 0 atom stereocenters. The molecular weight excluding hydrogens is 402 g/mol. The van der Waals surface area contributed by atoms with E-state index in [4.69, 9.17) is 0 Å². The van der Waals surface area contributed by atoms with Gasteiger partial charge in [0.1, 0.15) is 5.82 Å². The van der Waals surface area contributed by atoms with Gasteiger partial charge in [-0.1, -0.05) is 18.6 Å². The minimum absolute atomic E-state index is 0.131. The van der Waals surface area contributed by atoms with E-state index in [9.17, 15) is 13.2 Å². The standard InChI is InChI=1S/C21H23N5O3S/c1-16-14-20(26(24-16)19-10-3-4-11-22-19)23-21(27)17-8-7-9-18(15-17)30(28,29)25-12-5-2-6-13-25/h3-4,7-11,14-15H,2,5-6,12-13H2,1H3,(H,23,27). The van der Waals surface area contributed by atoms with E-state index in [1.54, 1.807) is 41.2 Å². The molecule has 3 aromatic rings. The van der Waals surface area contributed by atoms with Crippen LogP contribution in [0.2, 0.25) is 0 Å². The normalized spacial score (nSPS) is 15.1. The largest absolute Gasteiger partial charge is 0.306 e. The summed E-state index contributed by atoms with van der Waals surface area (Å²) in [6.45, 7) is 2.85. The van der Waals surface area contributed by atoms with Gasteiger partial charge in [0.25, 0.3) is 5.91 Å². The molecule has 2 aromatic heterocycles. The Morgan fingerprint density at radius 1 is 1.03 bits per heavy atom. The maximum Gasteiger partial charge on any atom is 0.256 e. The summed E-state index contributed by atoms with van der Waals surface area (Å²) in [7, 11) is -3.61. The molecule has 0 radical (unpaired) electrons. The molecule has 1 amide bonds. The number of nitrogens with one attached hydrogen (secondary N) is 1. The summed E-state index contributed by atoms with van der Waals surface area (Å²) in [5.41, 5.74) is 0.983. The lowest BCUT2D eigenvalue weighted by atomic mass is 10.2. The zero-order valence-electron chi connectivity index (χ0n) is 16.7. The van der Waals surface area contributed by atoms with E-state index in [1.165, 1.54) is 16.4 Å². The second kappa shape index (κ2) is 8.37. The lowest BCUT2D eigenvalue weighted by Crippen LogP contribution is -2.35. The summed E-state index contributed by atoms with van der Waals surface area (Å²) in [6.07, 6.45) is 4.40. The highest BCUT2D eigenvalue weighted by atomic mass is 32.2. The minimum atomic E-state index is -3.61. The smallest absolute Gasteiger partial charge is 0.256 e. The van der Waals surface area contributed by atoms with E-state index in [2.05, 4.69) is 15.4 Å². The van der Waals surface area contributed by atoms with Crippen molar-refractivity contribution in [1.29, 1.82) is 0 Å². The van der Waals surface area contributed by atoms with Gasteiger partial charge < -0.3 is 5.32 Å². The Labute approximate surface area is 175 Å². The Bertz CT molecular complexity index is 1150. The number of anilines is 1. The summed E-state index contributed by atoms with van der Waals surface area (Å²) in [6, 6.07) is 13.3. The third-order valence-corrected chi connectivity index (χ3v) is 6.88. The maximum absolute atomic E-state index is 12.9. The molecule has 1 aromatic carbocycles. The highest BCUT2D eigenvalue weighted by molar-refractivity contribution is 7.89. The summed E-state index contributed by atoms with van der Waals surface area (Å²) < 4.78 is 28.9. The summed E-state index contributed by atoms with van der Waals surface area (Å²) in [5, 5.41) is 7.20. The quantitative estimate of drug-likeness (QED) is 0.678. The average molecular weight is 426 g/mol. The number of sulfonamides is 1. The minimum Gasteiger partial charge on any atom is -0.306 e. The van der Waals surface area contributed by atoms with Crippen molar-refractivity contribution < 1.29 is 13.2 Å². The van der Waals surface area contributed by atoms with Crippen LogP contribution in [-0.4, -0.2) is 46.5 Å². The number of amides is 1. The number of benzene rings is 1. The molecule has 0 saturated carbocycles. The van der Waals surface area contributed by atoms with Crippen LogP contribution < -0.4 is 5.32 Å². The number of carbonyl (C=O) groups is 1. The Kier molecular flexibility index (Phi) is 5.65. The van der Waals surface area contributed by atoms with Gasteiger partial charge in [0.2, 0.25) is 10.0 Å². The molecule has 1 saturated heterocycles. The number of carbonyl (C=O) groups excluding carboxylic acids is 1. The number of hydrogen-bond donors (Lipinski definition) is 1. The fraction of sp³-hybridized carbons (Fsp3) is 0.286. The molecule has 9 heteroatoms. The van der Waals surface area contributed by atoms with Crippen LogP contribution in [0.4, 0.5) is 5.82 Å². The van der Waals surface area contributed by atoms with Crippen LogP contribution in [0.25, 0.3) is 5.82 Å². The summed E-state index contributed by atoms with van der Waals surface area (Å²) in [5.74, 6) is 0.616. The fourth-order valence-corrected chi connectivity index (χ4v) is 5.05. The van der Waals surface area contributed by atoms with E-state index >= 15 is 0 Å². The van der Waals surface area contributed by atoms with Crippen LogP contribution in [0.15, 0.2) is 59.6 Å². The van der Waals surface area contributed by atoms with Gasteiger partial charge >= 0.3 is 0 Å². The third-order valence-electron chi connectivity index (χ3n) is 4.99. The SMILES string of the molecule is Cc1cc(NC(=O)c2cccc(S(=O)(=O)N3CCCCC3)c2)n(-c2ccccn2)n1. The van der Waals surface area contributed by atoms with Gasteiger partial charge in [-0.25, -0.2) is 13.4 Å². The second-order valence-electron chi connectivity index (χ2n) is 7.22. The topological polar surface area (TPSA) is 97.2 Å². The molecule has 30 heavy (non-hydrogen) atoms. The van der Waals surface area contributed by atoms with Crippen LogP contribution in [0.3, 0.4) is 0 Å². The van der Waals surface area contributed by atoms with Crippen molar-refractivity contribution in [2.24, 2.45) is 0 Å². The van der Waals surface area contributed by atoms with Crippen molar-refractivity contribution in [2.75, 3.05) is 18.4 Å². The van der Waals surface area contributed by atoms with Gasteiger partial charge in [-0.05, 0) is 50.1 Å². The van der Waals surface area contributed by atoms with Crippen molar-refractivity contribution in [3.63, 3.8) is 0 Å². The van der Waals surface area contributed by atoms with E-state index < -0.39 is 15.9 Å². The Hall–Kier alpha value is -3.04. The first-order valence-corrected chi connectivity index (χ1v) is 11.3. The molecule has 4 rings (SSSR count). The lowest BCUT2D eigenvalue weighted by Gasteiger charge is -2.26. The first-order valence-electron chi connectivity index (χ1n) is 9.85. The first kappa shape index (κ1) is 20.2. The Morgan fingerprint density at radius 3 is 2.57 bits per heavy atom. The maximum atomic E-state index is 12.9. The van der Waals surface area contributed by atoms with Crippen molar-refractivity contribution in [3.05, 3.63) is 66.0 Å². The summed E-state index contributed by atoms with van der Waals surface area (Å²) >= 11 is 0. The molecule has 1 N–H and O–H groups in total. The molecule has 3 heterocycles. The van der Waals surface area contributed by atoms with Crippen LogP contribution in [0, 0.1) is 6.92 Å². The number of pyridine rings is 1. The average Bonchev–Trinajstić information content (AvgIpc) is 3.15. The molecule has 1 fully saturated rings. The Balaban J connectivity index is 1.59. The first-order chi connectivity index (χ1) is 14.4.